The van der Waals surface area contributed by atoms with Crippen molar-refractivity contribution in [1.29, 1.82) is 0 Å². The molecule has 0 saturated heterocycles. The molecule has 0 unspecified atom stereocenters. The summed E-state index contributed by atoms with van der Waals surface area (Å²) in [5.74, 6) is 0.483. The standard InChI is InChI=1S/C23H33N3O/c1-17(2)14-20-16-21(10-11-22(20)26(6)13-12-25(4)5)24-23(27)19-9-7-8-18(3)15-19/h7-11,15-17H,12-14H2,1-6H3,(H,24,27). The highest BCUT2D eigenvalue weighted by molar-refractivity contribution is 6.04. The van der Waals surface area contributed by atoms with Gasteiger partial charge in [0.05, 0.1) is 0 Å². The van der Waals surface area contributed by atoms with Gasteiger partial charge in [-0.25, -0.2) is 0 Å². The van der Waals surface area contributed by atoms with E-state index >= 15 is 0 Å². The van der Waals surface area contributed by atoms with Gasteiger partial charge in [0.2, 0.25) is 0 Å². The first-order valence-corrected chi connectivity index (χ1v) is 9.63. The zero-order chi connectivity index (χ0) is 20.0. The van der Waals surface area contributed by atoms with Crippen LogP contribution >= 0.6 is 0 Å². The molecule has 0 heterocycles. The van der Waals surface area contributed by atoms with Crippen molar-refractivity contribution in [2.24, 2.45) is 5.92 Å². The molecule has 0 aliphatic carbocycles. The third kappa shape index (κ3) is 6.40. The van der Waals surface area contributed by atoms with E-state index in [9.17, 15) is 4.79 Å². The summed E-state index contributed by atoms with van der Waals surface area (Å²) in [6, 6.07) is 13.9. The van der Waals surface area contributed by atoms with Crippen molar-refractivity contribution in [3.8, 4) is 0 Å². The highest BCUT2D eigenvalue weighted by Crippen LogP contribution is 2.26. The van der Waals surface area contributed by atoms with E-state index in [2.05, 4.69) is 62.2 Å². The Bertz CT molecular complexity index is 768. The predicted octanol–water partition coefficient (Wildman–Crippen LogP) is 4.44. The molecule has 0 aromatic heterocycles. The van der Waals surface area contributed by atoms with Crippen LogP contribution in [0.1, 0.15) is 35.3 Å². The average molecular weight is 368 g/mol. The molecule has 1 amide bonds. The summed E-state index contributed by atoms with van der Waals surface area (Å²) < 4.78 is 0. The Labute approximate surface area is 164 Å². The molecule has 0 saturated carbocycles. The summed E-state index contributed by atoms with van der Waals surface area (Å²) >= 11 is 0. The molecule has 2 aromatic carbocycles. The predicted molar refractivity (Wildman–Crippen MR) is 116 cm³/mol. The minimum Gasteiger partial charge on any atom is -0.373 e. The summed E-state index contributed by atoms with van der Waals surface area (Å²) in [4.78, 5) is 17.1. The van der Waals surface area contributed by atoms with Crippen LogP contribution in [0.2, 0.25) is 0 Å². The Morgan fingerprint density at radius 3 is 2.41 bits per heavy atom. The Hall–Kier alpha value is -2.33. The van der Waals surface area contributed by atoms with Crippen LogP contribution in [0, 0.1) is 12.8 Å². The number of amides is 1. The number of hydrogen-bond acceptors (Lipinski definition) is 3. The van der Waals surface area contributed by atoms with E-state index < -0.39 is 0 Å². The van der Waals surface area contributed by atoms with Crippen molar-refractivity contribution in [3.05, 3.63) is 59.2 Å². The van der Waals surface area contributed by atoms with Gasteiger partial charge in [0.25, 0.3) is 5.91 Å². The second-order valence-corrected chi connectivity index (χ2v) is 7.99. The zero-order valence-corrected chi connectivity index (χ0v) is 17.5. The summed E-state index contributed by atoms with van der Waals surface area (Å²) in [6.07, 6.45) is 0.982. The molecular formula is C23H33N3O. The van der Waals surface area contributed by atoms with E-state index in [0.29, 0.717) is 11.5 Å². The summed E-state index contributed by atoms with van der Waals surface area (Å²) in [5.41, 5.74) is 5.13. The van der Waals surface area contributed by atoms with Crippen molar-refractivity contribution in [2.45, 2.75) is 27.2 Å². The van der Waals surface area contributed by atoms with Crippen molar-refractivity contribution in [2.75, 3.05) is 44.4 Å². The van der Waals surface area contributed by atoms with Crippen molar-refractivity contribution in [3.63, 3.8) is 0 Å². The molecule has 146 valence electrons. The van der Waals surface area contributed by atoms with Crippen LogP contribution in [0.3, 0.4) is 0 Å². The third-order valence-corrected chi connectivity index (χ3v) is 4.54. The fourth-order valence-electron chi connectivity index (χ4n) is 3.10. The first-order valence-electron chi connectivity index (χ1n) is 9.63. The number of carbonyl (C=O) groups excluding carboxylic acids is 1. The molecule has 4 nitrogen and oxygen atoms in total. The van der Waals surface area contributed by atoms with Crippen molar-refractivity contribution >= 4 is 17.3 Å². The number of carbonyl (C=O) groups is 1. The lowest BCUT2D eigenvalue weighted by atomic mass is 10.00. The van der Waals surface area contributed by atoms with Crippen LogP contribution in [-0.2, 0) is 6.42 Å². The highest BCUT2D eigenvalue weighted by Gasteiger charge is 2.12. The van der Waals surface area contributed by atoms with Gasteiger partial charge in [-0.3, -0.25) is 4.79 Å². The molecule has 0 fully saturated rings. The molecule has 0 bridgehead atoms. The highest BCUT2D eigenvalue weighted by atomic mass is 16.1. The lowest BCUT2D eigenvalue weighted by Crippen LogP contribution is -2.29. The number of aryl methyl sites for hydroxylation is 1. The molecular weight excluding hydrogens is 334 g/mol. The monoisotopic (exact) mass is 367 g/mol. The van der Waals surface area contributed by atoms with Gasteiger partial charge < -0.3 is 15.1 Å². The van der Waals surface area contributed by atoms with Gasteiger partial charge in [0.1, 0.15) is 0 Å². The van der Waals surface area contributed by atoms with Gasteiger partial charge in [-0.1, -0.05) is 31.5 Å². The first kappa shape index (κ1) is 21.0. The second-order valence-electron chi connectivity index (χ2n) is 7.99. The van der Waals surface area contributed by atoms with E-state index in [1.54, 1.807) is 0 Å². The number of benzene rings is 2. The summed E-state index contributed by atoms with van der Waals surface area (Å²) in [5, 5.41) is 3.05. The van der Waals surface area contributed by atoms with Gasteiger partial charge in [0, 0.05) is 37.1 Å². The quantitative estimate of drug-likeness (QED) is 0.749. The SMILES string of the molecule is Cc1cccc(C(=O)Nc2ccc(N(C)CCN(C)C)c(CC(C)C)c2)c1. The average Bonchev–Trinajstić information content (AvgIpc) is 2.59. The zero-order valence-electron chi connectivity index (χ0n) is 17.5. The smallest absolute Gasteiger partial charge is 0.255 e. The van der Waals surface area contributed by atoms with E-state index in [1.807, 2.05) is 37.3 Å². The molecule has 0 atom stereocenters. The van der Waals surface area contributed by atoms with Crippen LogP contribution in [0.25, 0.3) is 0 Å². The van der Waals surface area contributed by atoms with E-state index in [1.165, 1.54) is 11.3 Å². The van der Waals surface area contributed by atoms with Crippen LogP contribution < -0.4 is 10.2 Å². The number of anilines is 2. The Kier molecular flexibility index (Phi) is 7.43. The van der Waals surface area contributed by atoms with E-state index in [4.69, 9.17) is 0 Å². The Morgan fingerprint density at radius 1 is 1.04 bits per heavy atom. The maximum Gasteiger partial charge on any atom is 0.255 e. The molecule has 0 aliphatic heterocycles. The maximum atomic E-state index is 12.6. The van der Waals surface area contributed by atoms with Crippen molar-refractivity contribution < 1.29 is 4.79 Å². The van der Waals surface area contributed by atoms with E-state index in [-0.39, 0.29) is 5.91 Å². The Balaban J connectivity index is 2.21. The van der Waals surface area contributed by atoms with Gasteiger partial charge in [-0.05, 0) is 69.3 Å². The lowest BCUT2D eigenvalue weighted by molar-refractivity contribution is 0.102. The van der Waals surface area contributed by atoms with Gasteiger partial charge in [-0.15, -0.1) is 0 Å². The Morgan fingerprint density at radius 2 is 1.78 bits per heavy atom. The lowest BCUT2D eigenvalue weighted by Gasteiger charge is -2.25. The summed E-state index contributed by atoms with van der Waals surface area (Å²) in [6.45, 7) is 8.41. The number of likely N-dealkylation sites (N-methyl/N-ethyl adjacent to an activating group) is 2. The minimum absolute atomic E-state index is 0.0668. The molecule has 2 rings (SSSR count). The summed E-state index contributed by atoms with van der Waals surface area (Å²) in [7, 11) is 6.31. The van der Waals surface area contributed by atoms with Crippen LogP contribution in [-0.4, -0.2) is 45.0 Å². The van der Waals surface area contributed by atoms with Crippen molar-refractivity contribution in [1.82, 2.24) is 4.90 Å². The number of nitrogens with zero attached hydrogens (tertiary/aromatic N) is 2. The van der Waals surface area contributed by atoms with Gasteiger partial charge in [0.15, 0.2) is 0 Å². The molecule has 4 heteroatoms. The largest absolute Gasteiger partial charge is 0.373 e. The van der Waals surface area contributed by atoms with Gasteiger partial charge in [-0.2, -0.15) is 0 Å². The van der Waals surface area contributed by atoms with Crippen LogP contribution in [0.15, 0.2) is 42.5 Å². The number of rotatable bonds is 8. The molecule has 0 radical (unpaired) electrons. The normalized spacial score (nSPS) is 11.1. The van der Waals surface area contributed by atoms with E-state index in [0.717, 1.165) is 30.8 Å². The molecule has 0 aliphatic rings. The molecule has 27 heavy (non-hydrogen) atoms. The minimum atomic E-state index is -0.0668. The molecule has 1 N–H and O–H groups in total. The van der Waals surface area contributed by atoms with Crippen LogP contribution in [0.4, 0.5) is 11.4 Å². The molecule has 2 aromatic rings. The second kappa shape index (κ2) is 9.56. The number of nitrogens with one attached hydrogen (secondary N) is 1. The molecule has 0 spiro atoms. The van der Waals surface area contributed by atoms with Gasteiger partial charge >= 0.3 is 0 Å². The number of hydrogen-bond donors (Lipinski definition) is 1. The van der Waals surface area contributed by atoms with Crippen LogP contribution in [0.5, 0.6) is 0 Å². The third-order valence-electron chi connectivity index (χ3n) is 4.54. The maximum absolute atomic E-state index is 12.6. The fraction of sp³-hybridized carbons (Fsp3) is 0.435. The topological polar surface area (TPSA) is 35.6 Å². The fourth-order valence-corrected chi connectivity index (χ4v) is 3.10. The first-order chi connectivity index (χ1) is 12.8.